The molecular formula is C34H41F3O. The molecule has 0 amide bonds. The zero-order chi connectivity index (χ0) is 26.9. The first kappa shape index (κ1) is 28.3. The van der Waals surface area contributed by atoms with Crippen LogP contribution in [0.5, 0.6) is 5.75 Å². The van der Waals surface area contributed by atoms with E-state index >= 15 is 0 Å². The van der Waals surface area contributed by atoms with Crippen molar-refractivity contribution in [2.24, 2.45) is 5.92 Å². The molecule has 3 aromatic rings. The summed E-state index contributed by atoms with van der Waals surface area (Å²) < 4.78 is 50.0. The van der Waals surface area contributed by atoms with E-state index in [1.165, 1.54) is 19.3 Å². The molecule has 0 N–H and O–H groups in total. The highest BCUT2D eigenvalue weighted by molar-refractivity contribution is 5.65. The van der Waals surface area contributed by atoms with E-state index in [2.05, 4.69) is 6.92 Å². The zero-order valence-corrected chi connectivity index (χ0v) is 22.9. The number of benzene rings is 3. The number of hydrogen-bond donors (Lipinski definition) is 0. The van der Waals surface area contributed by atoms with E-state index in [9.17, 15) is 13.2 Å². The number of halogens is 3. The Labute approximate surface area is 226 Å². The van der Waals surface area contributed by atoms with Crippen molar-refractivity contribution in [3.05, 3.63) is 88.7 Å². The molecule has 1 saturated carbocycles. The van der Waals surface area contributed by atoms with Gasteiger partial charge < -0.3 is 4.74 Å². The van der Waals surface area contributed by atoms with Gasteiger partial charge in [-0.15, -0.1) is 0 Å². The van der Waals surface area contributed by atoms with E-state index in [4.69, 9.17) is 4.74 Å². The summed E-state index contributed by atoms with van der Waals surface area (Å²) in [6.45, 7) is 4.72. The molecule has 0 aromatic heterocycles. The molecule has 0 atom stereocenters. The topological polar surface area (TPSA) is 9.23 Å². The lowest BCUT2D eigenvalue weighted by Gasteiger charge is -2.29. The third-order valence-corrected chi connectivity index (χ3v) is 8.13. The van der Waals surface area contributed by atoms with E-state index in [0.29, 0.717) is 47.3 Å². The molecule has 0 aliphatic heterocycles. The monoisotopic (exact) mass is 522 g/mol. The van der Waals surface area contributed by atoms with Gasteiger partial charge in [0, 0.05) is 5.56 Å². The van der Waals surface area contributed by atoms with Crippen molar-refractivity contribution in [3.8, 4) is 16.9 Å². The van der Waals surface area contributed by atoms with Crippen molar-refractivity contribution in [2.75, 3.05) is 6.61 Å². The fraction of sp³-hybridized carbons (Fsp3) is 0.471. The van der Waals surface area contributed by atoms with Crippen LogP contribution in [0.2, 0.25) is 0 Å². The molecule has 0 saturated heterocycles. The van der Waals surface area contributed by atoms with Crippen LogP contribution in [-0.2, 0) is 6.42 Å². The van der Waals surface area contributed by atoms with Crippen molar-refractivity contribution >= 4 is 0 Å². The standard InChI is InChI=1S/C34H41F3O/c1-3-4-5-6-7-22-38-32-21-19-29(23-31(32)35)26-15-10-25(11-16-26)12-17-28-18-20-30(34(37)33(28)36)27-13-8-24(2)9-14-27/h8-9,13-14,18-21,23,25-26H,3-7,10-12,15-17,22H2,1-2H3. The summed E-state index contributed by atoms with van der Waals surface area (Å²) in [6, 6.07) is 16.3. The highest BCUT2D eigenvalue weighted by Gasteiger charge is 2.24. The van der Waals surface area contributed by atoms with Crippen LogP contribution in [-0.4, -0.2) is 6.61 Å². The van der Waals surface area contributed by atoms with Gasteiger partial charge in [0.1, 0.15) is 0 Å². The molecule has 4 rings (SSSR count). The Morgan fingerprint density at radius 2 is 1.53 bits per heavy atom. The molecule has 0 spiro atoms. The number of rotatable bonds is 12. The first-order valence-electron chi connectivity index (χ1n) is 14.4. The Kier molecular flexibility index (Phi) is 10.3. The van der Waals surface area contributed by atoms with Gasteiger partial charge in [-0.05, 0) is 92.5 Å². The summed E-state index contributed by atoms with van der Waals surface area (Å²) in [6.07, 6.45) is 11.1. The van der Waals surface area contributed by atoms with E-state index < -0.39 is 11.6 Å². The Bertz CT molecular complexity index is 1160. The van der Waals surface area contributed by atoms with Gasteiger partial charge in [-0.1, -0.05) is 80.6 Å². The molecule has 0 radical (unpaired) electrons. The van der Waals surface area contributed by atoms with Gasteiger partial charge in [0.25, 0.3) is 0 Å². The number of aryl methyl sites for hydroxylation is 2. The van der Waals surface area contributed by atoms with E-state index in [1.54, 1.807) is 24.3 Å². The minimum Gasteiger partial charge on any atom is -0.491 e. The first-order chi connectivity index (χ1) is 18.5. The predicted octanol–water partition coefficient (Wildman–Crippen LogP) is 10.3. The van der Waals surface area contributed by atoms with Gasteiger partial charge in [-0.25, -0.2) is 13.2 Å². The van der Waals surface area contributed by atoms with Gasteiger partial charge >= 0.3 is 0 Å². The molecule has 4 heteroatoms. The van der Waals surface area contributed by atoms with Crippen LogP contribution in [0, 0.1) is 30.3 Å². The predicted molar refractivity (Wildman–Crippen MR) is 150 cm³/mol. The molecule has 38 heavy (non-hydrogen) atoms. The van der Waals surface area contributed by atoms with Gasteiger partial charge in [-0.3, -0.25) is 0 Å². The van der Waals surface area contributed by atoms with E-state index in [-0.39, 0.29) is 5.82 Å². The largest absolute Gasteiger partial charge is 0.491 e. The summed E-state index contributed by atoms with van der Waals surface area (Å²) in [5, 5.41) is 0. The average Bonchev–Trinajstić information content (AvgIpc) is 2.93. The lowest BCUT2D eigenvalue weighted by atomic mass is 9.77. The molecular weight excluding hydrogens is 481 g/mol. The minimum atomic E-state index is -0.763. The number of hydrogen-bond acceptors (Lipinski definition) is 1. The van der Waals surface area contributed by atoms with E-state index in [0.717, 1.165) is 56.1 Å². The molecule has 1 aliphatic rings. The number of ether oxygens (including phenoxy) is 1. The normalized spacial score (nSPS) is 17.5. The molecule has 204 valence electrons. The van der Waals surface area contributed by atoms with Crippen molar-refractivity contribution in [3.63, 3.8) is 0 Å². The quantitative estimate of drug-likeness (QED) is 0.215. The van der Waals surface area contributed by atoms with Crippen molar-refractivity contribution in [2.45, 2.75) is 90.4 Å². The summed E-state index contributed by atoms with van der Waals surface area (Å²) >= 11 is 0. The van der Waals surface area contributed by atoms with Crippen molar-refractivity contribution < 1.29 is 17.9 Å². The van der Waals surface area contributed by atoms with Crippen LogP contribution in [0.25, 0.3) is 11.1 Å². The van der Waals surface area contributed by atoms with E-state index in [1.807, 2.05) is 37.3 Å². The zero-order valence-electron chi connectivity index (χ0n) is 22.9. The van der Waals surface area contributed by atoms with Crippen LogP contribution >= 0.6 is 0 Å². The van der Waals surface area contributed by atoms with Crippen LogP contribution in [0.1, 0.15) is 93.7 Å². The minimum absolute atomic E-state index is 0.273. The smallest absolute Gasteiger partial charge is 0.166 e. The van der Waals surface area contributed by atoms with Gasteiger partial charge in [-0.2, -0.15) is 0 Å². The lowest BCUT2D eigenvalue weighted by molar-refractivity contribution is 0.288. The molecule has 1 fully saturated rings. The van der Waals surface area contributed by atoms with Gasteiger partial charge in [0.2, 0.25) is 0 Å². The summed E-state index contributed by atoms with van der Waals surface area (Å²) in [7, 11) is 0. The number of unbranched alkanes of at least 4 members (excludes halogenated alkanes) is 4. The second kappa shape index (κ2) is 13.9. The van der Waals surface area contributed by atoms with Crippen LogP contribution in [0.15, 0.2) is 54.6 Å². The molecule has 0 unspecified atom stereocenters. The summed E-state index contributed by atoms with van der Waals surface area (Å²) in [4.78, 5) is 0. The van der Waals surface area contributed by atoms with Crippen molar-refractivity contribution in [1.82, 2.24) is 0 Å². The Balaban J connectivity index is 1.25. The Morgan fingerprint density at radius 3 is 2.24 bits per heavy atom. The Morgan fingerprint density at radius 1 is 0.789 bits per heavy atom. The second-order valence-electron chi connectivity index (χ2n) is 11.0. The fourth-order valence-corrected chi connectivity index (χ4v) is 5.66. The van der Waals surface area contributed by atoms with Gasteiger partial charge in [0.05, 0.1) is 6.61 Å². The van der Waals surface area contributed by atoms with Crippen LogP contribution in [0.4, 0.5) is 13.2 Å². The van der Waals surface area contributed by atoms with Crippen LogP contribution < -0.4 is 4.74 Å². The maximum Gasteiger partial charge on any atom is 0.166 e. The van der Waals surface area contributed by atoms with Crippen molar-refractivity contribution in [1.29, 1.82) is 0 Å². The maximum absolute atomic E-state index is 14.9. The van der Waals surface area contributed by atoms with Gasteiger partial charge in [0.15, 0.2) is 23.2 Å². The molecule has 3 aromatic carbocycles. The molecule has 1 aliphatic carbocycles. The average molecular weight is 523 g/mol. The Hall–Kier alpha value is -2.75. The molecule has 1 nitrogen and oxygen atoms in total. The first-order valence-corrected chi connectivity index (χ1v) is 14.4. The SMILES string of the molecule is CCCCCCCOc1ccc(C2CCC(CCc3ccc(-c4ccc(C)cc4)c(F)c3F)CC2)cc1F. The summed E-state index contributed by atoms with van der Waals surface area (Å²) in [5.41, 5.74) is 3.57. The molecule has 0 bridgehead atoms. The fourth-order valence-electron chi connectivity index (χ4n) is 5.66. The lowest BCUT2D eigenvalue weighted by Crippen LogP contribution is -2.14. The summed E-state index contributed by atoms with van der Waals surface area (Å²) in [5.74, 6) is -0.598. The third-order valence-electron chi connectivity index (χ3n) is 8.13. The highest BCUT2D eigenvalue weighted by atomic mass is 19.2. The maximum atomic E-state index is 14.9. The van der Waals surface area contributed by atoms with Crippen LogP contribution in [0.3, 0.4) is 0 Å². The second-order valence-corrected chi connectivity index (χ2v) is 11.0. The third kappa shape index (κ3) is 7.42. The molecule has 0 heterocycles. The highest BCUT2D eigenvalue weighted by Crippen LogP contribution is 2.39.